The first-order valence-corrected chi connectivity index (χ1v) is 12.6. The molecule has 2 aromatic heterocycles. The molecule has 5 N–H and O–H groups in total. The lowest BCUT2D eigenvalue weighted by molar-refractivity contribution is -0.122. The summed E-state index contributed by atoms with van der Waals surface area (Å²) in [5.74, 6) is -1.69. The molecule has 2 heterocycles. The van der Waals surface area contributed by atoms with E-state index in [4.69, 9.17) is 17.3 Å². The number of hydrogen-bond acceptors (Lipinski definition) is 7. The summed E-state index contributed by atoms with van der Waals surface area (Å²) in [4.78, 5) is 25.3. The molecule has 0 saturated heterocycles. The highest BCUT2D eigenvalue weighted by molar-refractivity contribution is 6.30. The summed E-state index contributed by atoms with van der Waals surface area (Å²) in [5, 5.41) is 16.3. The molecule has 1 aromatic carbocycles. The average Bonchev–Trinajstić information content (AvgIpc) is 3.20. The van der Waals surface area contributed by atoms with Crippen molar-refractivity contribution >= 4 is 46.3 Å². The molecule has 2 saturated carbocycles. The summed E-state index contributed by atoms with van der Waals surface area (Å²) in [7, 11) is 0. The summed E-state index contributed by atoms with van der Waals surface area (Å²) in [6.07, 6.45) is 6.98. The zero-order valence-electron chi connectivity index (χ0n) is 19.6. The van der Waals surface area contributed by atoms with Gasteiger partial charge in [-0.1, -0.05) is 24.4 Å². The van der Waals surface area contributed by atoms with Crippen LogP contribution in [0.3, 0.4) is 0 Å². The molecule has 5 rings (SSSR count). The third-order valence-electron chi connectivity index (χ3n) is 7.18. The van der Waals surface area contributed by atoms with Gasteiger partial charge in [-0.3, -0.25) is 9.36 Å². The molecule has 0 spiro atoms. The lowest BCUT2D eigenvalue weighted by Crippen LogP contribution is -2.36. The summed E-state index contributed by atoms with van der Waals surface area (Å²) in [6.45, 7) is 0. The number of aliphatic hydroxyl groups excluding tert-OH is 1. The van der Waals surface area contributed by atoms with Gasteiger partial charge < -0.3 is 21.5 Å². The molecule has 1 amide bonds. The first kappa shape index (κ1) is 24.6. The van der Waals surface area contributed by atoms with Crippen molar-refractivity contribution in [2.75, 3.05) is 10.6 Å². The molecule has 12 heteroatoms. The lowest BCUT2D eigenvalue weighted by atomic mass is 9.85. The Morgan fingerprint density at radius 3 is 2.44 bits per heavy atom. The van der Waals surface area contributed by atoms with Crippen molar-refractivity contribution in [1.82, 2.24) is 19.5 Å². The van der Waals surface area contributed by atoms with E-state index in [1.807, 2.05) is 4.57 Å². The largest absolute Gasteiger partial charge is 0.391 e. The van der Waals surface area contributed by atoms with Crippen LogP contribution in [0.1, 0.15) is 57.4 Å². The third-order valence-corrected chi connectivity index (χ3v) is 7.40. The number of benzene rings is 1. The maximum atomic E-state index is 14.6. The molecular weight excluding hydrogens is 492 g/mol. The Labute approximate surface area is 211 Å². The number of fused-ring (bicyclic) bond motifs is 1. The number of carbonyl (C=O) groups excluding carboxylic acids is 1. The van der Waals surface area contributed by atoms with Gasteiger partial charge in [-0.2, -0.15) is 4.98 Å². The number of rotatable bonds is 6. The van der Waals surface area contributed by atoms with Crippen LogP contribution < -0.4 is 16.4 Å². The van der Waals surface area contributed by atoms with Crippen molar-refractivity contribution in [1.29, 1.82) is 0 Å². The van der Waals surface area contributed by atoms with Gasteiger partial charge in [0.1, 0.15) is 11.2 Å². The molecule has 2 atom stereocenters. The van der Waals surface area contributed by atoms with Crippen molar-refractivity contribution in [3.63, 3.8) is 0 Å². The number of anilines is 3. The van der Waals surface area contributed by atoms with E-state index in [0.29, 0.717) is 49.2 Å². The van der Waals surface area contributed by atoms with E-state index in [9.17, 15) is 18.7 Å². The highest BCUT2D eigenvalue weighted by atomic mass is 35.5. The van der Waals surface area contributed by atoms with Gasteiger partial charge in [-0.05, 0) is 50.7 Å². The van der Waals surface area contributed by atoms with Crippen molar-refractivity contribution in [2.45, 2.75) is 69.6 Å². The number of hydrogen-bond donors (Lipinski definition) is 4. The molecule has 2 aliphatic carbocycles. The van der Waals surface area contributed by atoms with E-state index in [1.165, 1.54) is 0 Å². The van der Waals surface area contributed by atoms with Crippen LogP contribution in [0.25, 0.3) is 11.2 Å². The van der Waals surface area contributed by atoms with Gasteiger partial charge in [0.05, 0.1) is 18.3 Å². The third kappa shape index (κ3) is 4.94. The predicted molar refractivity (Wildman–Crippen MR) is 132 cm³/mol. The number of primary amides is 1. The highest BCUT2D eigenvalue weighted by Gasteiger charge is 2.30. The minimum atomic E-state index is -0.851. The topological polar surface area (TPSA) is 131 Å². The minimum Gasteiger partial charge on any atom is -0.391 e. The second-order valence-electron chi connectivity index (χ2n) is 9.59. The van der Waals surface area contributed by atoms with E-state index in [2.05, 4.69) is 25.6 Å². The van der Waals surface area contributed by atoms with Crippen LogP contribution in [0.5, 0.6) is 0 Å². The van der Waals surface area contributed by atoms with E-state index in [0.717, 1.165) is 31.4 Å². The summed E-state index contributed by atoms with van der Waals surface area (Å²) in [5.41, 5.74) is 6.06. The van der Waals surface area contributed by atoms with Crippen LogP contribution in [0.4, 0.5) is 26.4 Å². The number of aliphatic hydroxyl groups is 1. The summed E-state index contributed by atoms with van der Waals surface area (Å²) < 4.78 is 31.0. The van der Waals surface area contributed by atoms with Crippen LogP contribution in [0.2, 0.25) is 5.02 Å². The van der Waals surface area contributed by atoms with E-state index in [-0.39, 0.29) is 40.6 Å². The Hall–Kier alpha value is -3.05. The van der Waals surface area contributed by atoms with Crippen molar-refractivity contribution < 1.29 is 18.7 Å². The van der Waals surface area contributed by atoms with Gasteiger partial charge in [-0.15, -0.1) is 0 Å². The highest BCUT2D eigenvalue weighted by Crippen LogP contribution is 2.38. The number of nitrogens with zero attached hydrogens (tertiary/aromatic N) is 4. The van der Waals surface area contributed by atoms with E-state index < -0.39 is 17.7 Å². The second-order valence-corrected chi connectivity index (χ2v) is 10.0. The Balaban J connectivity index is 1.53. The fourth-order valence-electron chi connectivity index (χ4n) is 5.23. The van der Waals surface area contributed by atoms with E-state index >= 15 is 0 Å². The summed E-state index contributed by atoms with van der Waals surface area (Å²) >= 11 is 5.78. The number of imidazole rings is 1. The number of nitrogens with one attached hydrogen (secondary N) is 2. The lowest BCUT2D eigenvalue weighted by Gasteiger charge is -2.29. The molecule has 0 radical (unpaired) electrons. The molecule has 0 aliphatic heterocycles. The van der Waals surface area contributed by atoms with Crippen LogP contribution in [0.15, 0.2) is 18.3 Å². The van der Waals surface area contributed by atoms with Gasteiger partial charge >= 0.3 is 0 Å². The number of aromatic nitrogens is 4. The SMILES string of the molecule is NC(=O)[C@H]1CC[C@@H](n2c(Nc3c(F)cc(Cl)cc3F)nc3cnc(N[C@H]4CCCC[C@H]4O)nc32)CC1. The van der Waals surface area contributed by atoms with Gasteiger partial charge in [0, 0.05) is 17.0 Å². The van der Waals surface area contributed by atoms with Gasteiger partial charge in [0.25, 0.3) is 0 Å². The molecule has 9 nitrogen and oxygen atoms in total. The fraction of sp³-hybridized carbons (Fsp3) is 0.500. The molecular formula is C24H28ClF2N7O2. The maximum Gasteiger partial charge on any atom is 0.225 e. The number of halogens is 3. The number of amides is 1. The molecule has 2 fully saturated rings. The fourth-order valence-corrected chi connectivity index (χ4v) is 5.42. The van der Waals surface area contributed by atoms with Crippen molar-refractivity contribution in [3.8, 4) is 0 Å². The number of nitrogens with two attached hydrogens (primary N) is 1. The van der Waals surface area contributed by atoms with Gasteiger partial charge in [0.2, 0.25) is 17.8 Å². The molecule has 36 heavy (non-hydrogen) atoms. The zero-order chi connectivity index (χ0) is 25.4. The number of carbonyl (C=O) groups is 1. The van der Waals surface area contributed by atoms with E-state index in [1.54, 1.807) is 6.20 Å². The maximum absolute atomic E-state index is 14.6. The Bertz CT molecular complexity index is 1260. The molecule has 3 aromatic rings. The van der Waals surface area contributed by atoms with Crippen LogP contribution in [-0.2, 0) is 4.79 Å². The normalized spacial score (nSPS) is 24.6. The predicted octanol–water partition coefficient (Wildman–Crippen LogP) is 4.43. The minimum absolute atomic E-state index is 0.0553. The molecule has 0 bridgehead atoms. The van der Waals surface area contributed by atoms with Crippen molar-refractivity contribution in [3.05, 3.63) is 35.0 Å². The Kier molecular flexibility index (Phi) is 6.94. The molecule has 192 valence electrons. The van der Waals surface area contributed by atoms with Crippen LogP contribution in [-0.4, -0.2) is 42.7 Å². The Morgan fingerprint density at radius 1 is 1.08 bits per heavy atom. The monoisotopic (exact) mass is 519 g/mol. The average molecular weight is 520 g/mol. The molecule has 2 aliphatic rings. The zero-order valence-corrected chi connectivity index (χ0v) is 20.3. The van der Waals surface area contributed by atoms with Crippen LogP contribution >= 0.6 is 11.6 Å². The Morgan fingerprint density at radius 2 is 1.78 bits per heavy atom. The van der Waals surface area contributed by atoms with Gasteiger partial charge in [-0.25, -0.2) is 18.7 Å². The standard InChI is InChI=1S/C24H28ClF2N7O2/c25-13-9-15(26)20(16(27)10-13)32-24-31-18-11-29-23(30-17-3-1-2-4-19(17)35)33-22(18)34(24)14-7-5-12(6-8-14)21(28)36/h9-12,14,17,19,35H,1-8H2,(H2,28,36)(H,31,32)(H,29,30,33)/t12-,14+,17-,19+/m0/s1. The summed E-state index contributed by atoms with van der Waals surface area (Å²) in [6, 6.07) is 1.76. The smallest absolute Gasteiger partial charge is 0.225 e. The second kappa shape index (κ2) is 10.1. The van der Waals surface area contributed by atoms with Gasteiger partial charge in [0.15, 0.2) is 17.3 Å². The first-order valence-electron chi connectivity index (χ1n) is 12.2. The van der Waals surface area contributed by atoms with Crippen LogP contribution in [0, 0.1) is 17.6 Å². The van der Waals surface area contributed by atoms with Crippen molar-refractivity contribution in [2.24, 2.45) is 11.7 Å². The quantitative estimate of drug-likeness (QED) is 0.379. The molecule has 0 unspecified atom stereocenters. The first-order chi connectivity index (χ1) is 17.3.